The molecule has 174 valence electrons. The van der Waals surface area contributed by atoms with E-state index >= 15 is 0 Å². The summed E-state index contributed by atoms with van der Waals surface area (Å²) in [6.07, 6.45) is 5.11. The van der Waals surface area contributed by atoms with Gasteiger partial charge in [0, 0.05) is 24.6 Å². The van der Waals surface area contributed by atoms with Crippen LogP contribution in [0.2, 0.25) is 0 Å². The van der Waals surface area contributed by atoms with Crippen molar-refractivity contribution in [3.8, 4) is 11.5 Å². The third kappa shape index (κ3) is 4.54. The van der Waals surface area contributed by atoms with Gasteiger partial charge in [-0.15, -0.1) is 0 Å². The molecule has 1 fully saturated rings. The van der Waals surface area contributed by atoms with Gasteiger partial charge in [-0.3, -0.25) is 4.79 Å². The highest BCUT2D eigenvalue weighted by Crippen LogP contribution is 2.46. The third-order valence-corrected chi connectivity index (χ3v) is 8.40. The molecule has 0 atom stereocenters. The third-order valence-electron chi connectivity index (χ3n) is 5.84. The van der Waals surface area contributed by atoms with E-state index in [1.165, 1.54) is 18.6 Å². The van der Waals surface area contributed by atoms with E-state index in [1.54, 1.807) is 25.1 Å². The molecular weight excluding hydrogens is 464 g/mol. The normalized spacial score (nSPS) is 16.9. The quantitative estimate of drug-likeness (QED) is 0.494. The maximum absolute atomic E-state index is 12.5. The summed E-state index contributed by atoms with van der Waals surface area (Å²) in [5.74, 6) is 0.689. The Morgan fingerprint density at radius 3 is 2.67 bits per heavy atom. The predicted molar refractivity (Wildman–Crippen MR) is 125 cm³/mol. The van der Waals surface area contributed by atoms with Crippen molar-refractivity contribution in [1.82, 2.24) is 4.98 Å². The molecule has 33 heavy (non-hydrogen) atoms. The lowest BCUT2D eigenvalue weighted by atomic mass is 9.94. The lowest BCUT2D eigenvalue weighted by Gasteiger charge is -2.31. The molecule has 2 aromatic carbocycles. The zero-order valence-corrected chi connectivity index (χ0v) is 19.8. The largest absolute Gasteiger partial charge is 0.448 e. The van der Waals surface area contributed by atoms with Gasteiger partial charge in [-0.05, 0) is 43.2 Å². The van der Waals surface area contributed by atoms with E-state index < -0.39 is 15.6 Å². The van der Waals surface area contributed by atoms with Crippen LogP contribution >= 0.6 is 11.8 Å². The molecule has 1 N–H and O–H groups in total. The zero-order chi connectivity index (χ0) is 23.1. The number of hydrogen-bond donors (Lipinski definition) is 1. The number of nitrogens with zero attached hydrogens (tertiary/aromatic N) is 1. The lowest BCUT2D eigenvalue weighted by Crippen LogP contribution is -2.40. The second-order valence-corrected chi connectivity index (χ2v) is 11.4. The highest BCUT2D eigenvalue weighted by Gasteiger charge is 2.42. The molecular formula is C23H24N2O6S2. The number of carbonyl (C=O) groups is 1. The number of sulfone groups is 1. The Kier molecular flexibility index (Phi) is 5.74. The van der Waals surface area contributed by atoms with Crippen molar-refractivity contribution in [2.24, 2.45) is 0 Å². The Hall–Kier alpha value is -2.72. The molecule has 1 aliphatic carbocycles. The lowest BCUT2D eigenvalue weighted by molar-refractivity contribution is -0.113. The number of fused-ring (bicyclic) bond motifs is 2. The molecule has 2 heterocycles. The molecule has 5 rings (SSSR count). The van der Waals surface area contributed by atoms with Crippen LogP contribution in [0, 0.1) is 0 Å². The van der Waals surface area contributed by atoms with Gasteiger partial charge >= 0.3 is 0 Å². The van der Waals surface area contributed by atoms with Gasteiger partial charge in [-0.2, -0.15) is 0 Å². The average Bonchev–Trinajstić information content (AvgIpc) is 3.37. The zero-order valence-electron chi connectivity index (χ0n) is 18.1. The van der Waals surface area contributed by atoms with Crippen LogP contribution in [0.1, 0.15) is 39.0 Å². The average molecular weight is 489 g/mol. The molecule has 1 amide bonds. The van der Waals surface area contributed by atoms with E-state index in [9.17, 15) is 13.2 Å². The number of rotatable bonds is 6. The smallest absolute Gasteiger partial charge is 0.257 e. The van der Waals surface area contributed by atoms with Crippen molar-refractivity contribution in [2.45, 2.75) is 54.9 Å². The molecule has 0 bridgehead atoms. The number of oxazole rings is 1. The highest BCUT2D eigenvalue weighted by atomic mass is 32.2. The SMILES string of the molecule is CCS(=O)(=O)c1ccc2oc(SCC(=O)Nc3ccc4c(c3)OC3(CCCCC3)O4)nc2c1. The Labute approximate surface area is 196 Å². The fourth-order valence-electron chi connectivity index (χ4n) is 4.10. The highest BCUT2D eigenvalue weighted by molar-refractivity contribution is 7.99. The summed E-state index contributed by atoms with van der Waals surface area (Å²) in [6, 6.07) is 9.99. The van der Waals surface area contributed by atoms with Crippen LogP contribution in [-0.2, 0) is 14.6 Å². The number of aromatic nitrogens is 1. The van der Waals surface area contributed by atoms with E-state index in [0.717, 1.165) is 37.4 Å². The van der Waals surface area contributed by atoms with Crippen LogP contribution in [0.25, 0.3) is 11.1 Å². The Morgan fingerprint density at radius 1 is 1.09 bits per heavy atom. The van der Waals surface area contributed by atoms with E-state index in [-0.39, 0.29) is 22.3 Å². The van der Waals surface area contributed by atoms with Crippen LogP contribution in [0.4, 0.5) is 5.69 Å². The molecule has 0 unspecified atom stereocenters. The summed E-state index contributed by atoms with van der Waals surface area (Å²) >= 11 is 1.14. The molecule has 1 spiro atoms. The summed E-state index contributed by atoms with van der Waals surface area (Å²) in [7, 11) is -3.33. The van der Waals surface area contributed by atoms with Gasteiger partial charge in [0.2, 0.25) is 5.91 Å². The summed E-state index contributed by atoms with van der Waals surface area (Å²) in [4.78, 5) is 17.0. The van der Waals surface area contributed by atoms with Gasteiger partial charge in [0.1, 0.15) is 5.52 Å². The topological polar surface area (TPSA) is 108 Å². The number of amides is 1. The first kappa shape index (κ1) is 22.1. The van der Waals surface area contributed by atoms with Crippen molar-refractivity contribution in [3.05, 3.63) is 36.4 Å². The number of ether oxygens (including phenoxy) is 2. The summed E-state index contributed by atoms with van der Waals surface area (Å²) in [6.45, 7) is 1.59. The maximum atomic E-state index is 12.5. The summed E-state index contributed by atoms with van der Waals surface area (Å²) in [5.41, 5.74) is 1.54. The van der Waals surface area contributed by atoms with Gasteiger partial charge in [-0.1, -0.05) is 25.1 Å². The number of benzene rings is 2. The van der Waals surface area contributed by atoms with Gasteiger partial charge in [0.25, 0.3) is 11.0 Å². The minimum Gasteiger partial charge on any atom is -0.448 e. The van der Waals surface area contributed by atoms with Crippen LogP contribution in [0.15, 0.2) is 50.9 Å². The fraction of sp³-hybridized carbons (Fsp3) is 0.391. The van der Waals surface area contributed by atoms with Gasteiger partial charge in [-0.25, -0.2) is 13.4 Å². The number of hydrogen-bond acceptors (Lipinski definition) is 8. The first-order valence-corrected chi connectivity index (χ1v) is 13.6. The van der Waals surface area contributed by atoms with Crippen molar-refractivity contribution < 1.29 is 27.1 Å². The predicted octanol–water partition coefficient (Wildman–Crippen LogP) is 4.78. The molecule has 3 aromatic rings. The maximum Gasteiger partial charge on any atom is 0.257 e. The first-order chi connectivity index (χ1) is 15.9. The van der Waals surface area contributed by atoms with E-state index in [0.29, 0.717) is 33.5 Å². The Morgan fingerprint density at radius 2 is 1.88 bits per heavy atom. The van der Waals surface area contributed by atoms with Gasteiger partial charge < -0.3 is 19.2 Å². The van der Waals surface area contributed by atoms with Gasteiger partial charge in [0.05, 0.1) is 16.4 Å². The molecule has 0 saturated heterocycles. The van der Waals surface area contributed by atoms with Crippen molar-refractivity contribution in [2.75, 3.05) is 16.8 Å². The molecule has 0 radical (unpaired) electrons. The molecule has 1 aliphatic heterocycles. The van der Waals surface area contributed by atoms with Crippen LogP contribution < -0.4 is 14.8 Å². The van der Waals surface area contributed by atoms with E-state index in [1.807, 2.05) is 6.07 Å². The molecule has 10 heteroatoms. The number of carbonyl (C=O) groups excluding carboxylic acids is 1. The minimum atomic E-state index is -3.33. The Bertz CT molecular complexity index is 1310. The fourth-order valence-corrected chi connectivity index (χ4v) is 5.64. The van der Waals surface area contributed by atoms with Crippen LogP contribution in [0.5, 0.6) is 11.5 Å². The standard InChI is InChI=1S/C23H24N2O6S2/c1-2-33(27,28)16-7-9-18-17(13-16)25-22(29-18)32-14-21(26)24-15-6-8-19-20(12-15)31-23(30-19)10-4-3-5-11-23/h6-9,12-13H,2-5,10-11,14H2,1H3,(H,24,26). The van der Waals surface area contributed by atoms with Crippen molar-refractivity contribution >= 4 is 44.3 Å². The molecule has 1 saturated carbocycles. The second kappa shape index (κ2) is 8.57. The van der Waals surface area contributed by atoms with Crippen LogP contribution in [-0.4, -0.2) is 36.6 Å². The molecule has 2 aliphatic rings. The van der Waals surface area contributed by atoms with Crippen molar-refractivity contribution in [3.63, 3.8) is 0 Å². The monoisotopic (exact) mass is 488 g/mol. The Balaban J connectivity index is 1.21. The van der Waals surface area contributed by atoms with Crippen molar-refractivity contribution in [1.29, 1.82) is 0 Å². The number of thioether (sulfide) groups is 1. The molecule has 8 nitrogen and oxygen atoms in total. The molecule has 1 aromatic heterocycles. The number of nitrogens with one attached hydrogen (secondary N) is 1. The number of anilines is 1. The van der Waals surface area contributed by atoms with Crippen LogP contribution in [0.3, 0.4) is 0 Å². The minimum absolute atomic E-state index is 0.0129. The van der Waals surface area contributed by atoms with Gasteiger partial charge in [0.15, 0.2) is 26.9 Å². The van der Waals surface area contributed by atoms with E-state index in [2.05, 4.69) is 10.3 Å². The first-order valence-electron chi connectivity index (χ1n) is 10.9. The summed E-state index contributed by atoms with van der Waals surface area (Å²) < 4.78 is 42.0. The van der Waals surface area contributed by atoms with E-state index in [4.69, 9.17) is 13.9 Å². The second-order valence-electron chi connectivity index (χ2n) is 8.19. The summed E-state index contributed by atoms with van der Waals surface area (Å²) in [5, 5.41) is 3.16.